The van der Waals surface area contributed by atoms with Crippen LogP contribution in [0.5, 0.6) is 11.8 Å². The van der Waals surface area contributed by atoms with Gasteiger partial charge >= 0.3 is 0 Å². The molecule has 41 heavy (non-hydrogen) atoms. The number of nitrogens with zero attached hydrogens (tertiary/aromatic N) is 3. The minimum Gasteiger partial charge on any atom is -0.468 e. The Balaban J connectivity index is 1.46. The topological polar surface area (TPSA) is 110 Å². The van der Waals surface area contributed by atoms with Crippen molar-refractivity contribution in [2.45, 2.75) is 37.4 Å². The van der Waals surface area contributed by atoms with Gasteiger partial charge in [0.15, 0.2) is 12.6 Å². The fourth-order valence-electron chi connectivity index (χ4n) is 6.20. The smallest absolute Gasteiger partial charge is 0.297 e. The average molecular weight is 571 g/mol. The molecule has 2 N–H and O–H groups in total. The number of rotatable bonds is 9. The number of fused-ring (bicyclic) bond motifs is 3. The van der Waals surface area contributed by atoms with Gasteiger partial charge in [0.2, 0.25) is 0 Å². The third-order valence-corrected chi connectivity index (χ3v) is 8.01. The standard InChI is InChI=1S/C29H29F3N4O5/c1-39-15-41-18-9-16-3-4-22(31)19(5-8-37)23(16)20(10-18)25-24(32)26-21(12-33-25)27(38)35-28(34-26)40-14-29-6-2-7-36(29)13-17(30)11-29/h3-4,9-10,12,17,37H,2,5-8,11,13-15H2,1H3,(H,34,35,38)/t17-,29+/m1/s1. The summed E-state index contributed by atoms with van der Waals surface area (Å²) >= 11 is 0. The number of benzene rings is 2. The van der Waals surface area contributed by atoms with E-state index in [1.54, 1.807) is 6.07 Å². The summed E-state index contributed by atoms with van der Waals surface area (Å²) in [5.41, 5.74) is -1.21. The van der Waals surface area contributed by atoms with E-state index in [9.17, 15) is 18.7 Å². The van der Waals surface area contributed by atoms with Crippen LogP contribution >= 0.6 is 0 Å². The van der Waals surface area contributed by atoms with Crippen LogP contribution in [-0.2, 0) is 11.2 Å². The van der Waals surface area contributed by atoms with E-state index in [2.05, 4.69) is 19.9 Å². The van der Waals surface area contributed by atoms with Crippen LogP contribution in [0.4, 0.5) is 13.2 Å². The molecule has 0 unspecified atom stereocenters. The molecule has 2 atom stereocenters. The van der Waals surface area contributed by atoms with Gasteiger partial charge in [0, 0.05) is 38.4 Å². The minimum atomic E-state index is -0.951. The number of hydrogen-bond donors (Lipinski definition) is 2. The van der Waals surface area contributed by atoms with Crippen molar-refractivity contribution in [2.75, 3.05) is 40.2 Å². The van der Waals surface area contributed by atoms with Gasteiger partial charge in [-0.3, -0.25) is 19.7 Å². The van der Waals surface area contributed by atoms with Crippen LogP contribution in [0.15, 0.2) is 35.3 Å². The summed E-state index contributed by atoms with van der Waals surface area (Å²) < 4.78 is 61.8. The molecule has 6 rings (SSSR count). The lowest BCUT2D eigenvalue weighted by atomic mass is 9.94. The average Bonchev–Trinajstić information content (AvgIpc) is 3.48. The maximum absolute atomic E-state index is 16.3. The van der Waals surface area contributed by atoms with Crippen LogP contribution in [0.1, 0.15) is 24.8 Å². The lowest BCUT2D eigenvalue weighted by molar-refractivity contribution is 0.0512. The van der Waals surface area contributed by atoms with E-state index >= 15 is 4.39 Å². The van der Waals surface area contributed by atoms with Gasteiger partial charge in [-0.15, -0.1) is 0 Å². The number of pyridine rings is 1. The molecule has 9 nitrogen and oxygen atoms in total. The predicted molar refractivity (Wildman–Crippen MR) is 145 cm³/mol. The van der Waals surface area contributed by atoms with Crippen LogP contribution in [0.2, 0.25) is 0 Å². The molecular formula is C29H29F3N4O5. The number of hydrogen-bond acceptors (Lipinski definition) is 8. The molecule has 2 aromatic heterocycles. The minimum absolute atomic E-state index is 0.0158. The first-order valence-corrected chi connectivity index (χ1v) is 13.4. The summed E-state index contributed by atoms with van der Waals surface area (Å²) in [6.07, 6.45) is 2.24. The van der Waals surface area contributed by atoms with Crippen molar-refractivity contribution < 1.29 is 32.5 Å². The van der Waals surface area contributed by atoms with E-state index in [0.29, 0.717) is 29.5 Å². The van der Waals surface area contributed by atoms with Gasteiger partial charge in [0.1, 0.15) is 35.6 Å². The number of nitrogens with one attached hydrogen (secondary N) is 1. The normalized spacial score (nSPS) is 20.7. The van der Waals surface area contributed by atoms with E-state index in [1.807, 2.05) is 0 Å². The first-order valence-electron chi connectivity index (χ1n) is 13.4. The quantitative estimate of drug-likeness (QED) is 0.292. The van der Waals surface area contributed by atoms with E-state index in [1.165, 1.54) is 31.5 Å². The van der Waals surface area contributed by atoms with Crippen molar-refractivity contribution >= 4 is 21.7 Å². The predicted octanol–water partition coefficient (Wildman–Crippen LogP) is 3.89. The molecular weight excluding hydrogens is 541 g/mol. The third kappa shape index (κ3) is 4.89. The SMILES string of the molecule is COCOc1cc(-c2ncc3c(=O)[nH]c(OC[C@@]45CCCN4C[C@H](F)C5)nc3c2F)c2c(CCO)c(F)ccc2c1. The molecule has 2 saturated heterocycles. The second-order valence-electron chi connectivity index (χ2n) is 10.5. The Morgan fingerprint density at radius 2 is 2.10 bits per heavy atom. The number of ether oxygens (including phenoxy) is 3. The molecule has 0 amide bonds. The van der Waals surface area contributed by atoms with Gasteiger partial charge in [-0.2, -0.15) is 4.98 Å². The molecule has 0 saturated carbocycles. The van der Waals surface area contributed by atoms with Crippen LogP contribution in [0, 0.1) is 11.6 Å². The monoisotopic (exact) mass is 570 g/mol. The van der Waals surface area contributed by atoms with E-state index in [0.717, 1.165) is 19.4 Å². The van der Waals surface area contributed by atoms with Gasteiger partial charge in [0.25, 0.3) is 11.6 Å². The Morgan fingerprint density at radius 1 is 1.24 bits per heavy atom. The summed E-state index contributed by atoms with van der Waals surface area (Å²) in [6, 6.07) is 5.77. The summed E-state index contributed by atoms with van der Waals surface area (Å²) in [5.74, 6) is -1.15. The molecule has 4 aromatic rings. The highest BCUT2D eigenvalue weighted by atomic mass is 19.1. The second kappa shape index (κ2) is 10.9. The first-order chi connectivity index (χ1) is 19.8. The van der Waals surface area contributed by atoms with Crippen LogP contribution in [-0.4, -0.2) is 76.9 Å². The summed E-state index contributed by atoms with van der Waals surface area (Å²) in [5, 5.41) is 10.4. The lowest BCUT2D eigenvalue weighted by Crippen LogP contribution is -2.43. The van der Waals surface area contributed by atoms with Gasteiger partial charge in [-0.05, 0) is 60.3 Å². The molecule has 2 aromatic carbocycles. The Kier molecular flexibility index (Phi) is 7.30. The molecule has 12 heteroatoms. The van der Waals surface area contributed by atoms with E-state index < -0.39 is 28.9 Å². The number of H-pyrrole nitrogens is 1. The highest BCUT2D eigenvalue weighted by molar-refractivity contribution is 6.01. The highest BCUT2D eigenvalue weighted by Crippen LogP contribution is 2.41. The summed E-state index contributed by atoms with van der Waals surface area (Å²) in [6.45, 7) is 0.812. The van der Waals surface area contributed by atoms with E-state index in [-0.39, 0.29) is 60.2 Å². The van der Waals surface area contributed by atoms with Crippen molar-refractivity contribution in [1.29, 1.82) is 0 Å². The molecule has 2 aliphatic rings. The fourth-order valence-corrected chi connectivity index (χ4v) is 6.20. The zero-order valence-corrected chi connectivity index (χ0v) is 22.4. The zero-order valence-electron chi connectivity index (χ0n) is 22.4. The van der Waals surface area contributed by atoms with Crippen LogP contribution in [0.3, 0.4) is 0 Å². The lowest BCUT2D eigenvalue weighted by Gasteiger charge is -2.30. The second-order valence-corrected chi connectivity index (χ2v) is 10.5. The Labute approximate surface area is 232 Å². The first kappa shape index (κ1) is 27.4. The molecule has 0 radical (unpaired) electrons. The number of halogens is 3. The van der Waals surface area contributed by atoms with Crippen molar-refractivity contribution in [3.05, 3.63) is 58.0 Å². The number of aromatic nitrogens is 3. The zero-order chi connectivity index (χ0) is 28.7. The number of aromatic amines is 1. The molecule has 2 aliphatic heterocycles. The maximum Gasteiger partial charge on any atom is 0.297 e. The Morgan fingerprint density at radius 3 is 2.90 bits per heavy atom. The number of aliphatic hydroxyl groups is 1. The third-order valence-electron chi connectivity index (χ3n) is 8.01. The van der Waals surface area contributed by atoms with Crippen LogP contribution in [0.25, 0.3) is 32.9 Å². The molecule has 4 heterocycles. The van der Waals surface area contributed by atoms with Crippen molar-refractivity contribution in [3.63, 3.8) is 0 Å². The number of alkyl halides is 1. The molecule has 0 bridgehead atoms. The van der Waals surface area contributed by atoms with Gasteiger partial charge < -0.3 is 19.3 Å². The number of aliphatic hydroxyl groups excluding tert-OH is 1. The molecule has 2 fully saturated rings. The largest absolute Gasteiger partial charge is 0.468 e. The van der Waals surface area contributed by atoms with Crippen molar-refractivity contribution in [3.8, 4) is 23.0 Å². The van der Waals surface area contributed by atoms with Gasteiger partial charge in [-0.25, -0.2) is 13.2 Å². The summed E-state index contributed by atoms with van der Waals surface area (Å²) in [4.78, 5) is 26.0. The van der Waals surface area contributed by atoms with Crippen molar-refractivity contribution in [2.24, 2.45) is 0 Å². The molecule has 0 spiro atoms. The highest BCUT2D eigenvalue weighted by Gasteiger charge is 2.49. The maximum atomic E-state index is 16.3. The Hall–Kier alpha value is -3.74. The van der Waals surface area contributed by atoms with Gasteiger partial charge in [-0.1, -0.05) is 6.07 Å². The van der Waals surface area contributed by atoms with E-state index in [4.69, 9.17) is 14.2 Å². The summed E-state index contributed by atoms with van der Waals surface area (Å²) in [7, 11) is 1.45. The molecule has 216 valence electrons. The van der Waals surface area contributed by atoms with Gasteiger partial charge in [0.05, 0.1) is 10.9 Å². The fraction of sp³-hybridized carbons (Fsp3) is 0.414. The number of methoxy groups -OCH3 is 1. The Bertz CT molecular complexity index is 1680. The molecule has 0 aliphatic carbocycles. The van der Waals surface area contributed by atoms with Crippen LogP contribution < -0.4 is 15.0 Å². The van der Waals surface area contributed by atoms with Crippen molar-refractivity contribution in [1.82, 2.24) is 19.9 Å².